The molecule has 1 unspecified atom stereocenters. The van der Waals surface area contributed by atoms with Crippen LogP contribution in [0.5, 0.6) is 5.75 Å². The van der Waals surface area contributed by atoms with E-state index in [2.05, 4.69) is 24.5 Å². The van der Waals surface area contributed by atoms with E-state index in [1.54, 1.807) is 29.2 Å². The minimum Gasteiger partial charge on any atom is -0.493 e. The van der Waals surface area contributed by atoms with Gasteiger partial charge in [0.1, 0.15) is 11.8 Å². The fourth-order valence-corrected chi connectivity index (χ4v) is 4.00. The highest BCUT2D eigenvalue weighted by molar-refractivity contribution is 7.80. The number of carbonyl (C=O) groups excluding carboxylic acids is 3. The van der Waals surface area contributed by atoms with Gasteiger partial charge in [-0.3, -0.25) is 19.7 Å². The predicted molar refractivity (Wildman–Crippen MR) is 141 cm³/mol. The molecule has 2 aromatic rings. The number of esters is 1. The molecule has 1 saturated heterocycles. The number of amides is 2. The number of nitrogens with one attached hydrogen (secondary N) is 2. The van der Waals surface area contributed by atoms with Crippen molar-refractivity contribution in [2.75, 3.05) is 26.3 Å². The lowest BCUT2D eigenvalue weighted by Crippen LogP contribution is -2.60. The maximum Gasteiger partial charge on any atom is 0.308 e. The molecule has 1 aliphatic rings. The summed E-state index contributed by atoms with van der Waals surface area (Å²) in [6.45, 7) is 5.70. The lowest BCUT2D eigenvalue weighted by atomic mass is 10.1. The minimum absolute atomic E-state index is 0.0943. The Morgan fingerprint density at radius 1 is 1.14 bits per heavy atom. The van der Waals surface area contributed by atoms with Crippen LogP contribution in [0.2, 0.25) is 0 Å². The molecule has 0 radical (unpaired) electrons. The van der Waals surface area contributed by atoms with Gasteiger partial charge in [0, 0.05) is 18.7 Å². The van der Waals surface area contributed by atoms with Crippen LogP contribution in [-0.4, -0.2) is 60.1 Å². The summed E-state index contributed by atoms with van der Waals surface area (Å²) in [6.07, 6.45) is 1.33. The number of hydrogen-bond donors (Lipinski definition) is 2. The van der Waals surface area contributed by atoms with E-state index in [0.717, 1.165) is 6.42 Å². The van der Waals surface area contributed by atoms with Crippen molar-refractivity contribution in [3.63, 3.8) is 0 Å². The van der Waals surface area contributed by atoms with E-state index in [4.69, 9.17) is 21.7 Å². The van der Waals surface area contributed by atoms with Gasteiger partial charge in [-0.1, -0.05) is 44.2 Å². The molecule has 2 amide bonds. The van der Waals surface area contributed by atoms with Gasteiger partial charge in [-0.25, -0.2) is 0 Å². The number of hydrogen-bond acceptors (Lipinski definition) is 6. The molecule has 1 aliphatic heterocycles. The Morgan fingerprint density at radius 2 is 1.86 bits per heavy atom. The third-order valence-electron chi connectivity index (χ3n) is 5.59. The first-order valence-electron chi connectivity index (χ1n) is 12.2. The summed E-state index contributed by atoms with van der Waals surface area (Å²) in [5.41, 5.74) is 1.58. The Morgan fingerprint density at radius 3 is 2.56 bits per heavy atom. The number of thiocarbonyl (C=S) groups is 1. The molecule has 0 aromatic heterocycles. The Hall–Kier alpha value is -3.46. The van der Waals surface area contributed by atoms with Crippen LogP contribution in [-0.2, 0) is 20.7 Å². The van der Waals surface area contributed by atoms with Gasteiger partial charge in [0.25, 0.3) is 5.91 Å². The first kappa shape index (κ1) is 27.1. The van der Waals surface area contributed by atoms with Crippen LogP contribution in [0.1, 0.15) is 42.6 Å². The maximum absolute atomic E-state index is 12.7. The normalized spacial score (nSPS) is 15.2. The summed E-state index contributed by atoms with van der Waals surface area (Å²) in [6, 6.07) is 15.9. The lowest BCUT2D eigenvalue weighted by Gasteiger charge is -2.36. The van der Waals surface area contributed by atoms with Crippen molar-refractivity contribution < 1.29 is 23.9 Å². The van der Waals surface area contributed by atoms with E-state index in [-0.39, 0.29) is 24.0 Å². The lowest BCUT2D eigenvalue weighted by molar-refractivity contribution is -0.147. The highest BCUT2D eigenvalue weighted by Gasteiger charge is 2.34. The van der Waals surface area contributed by atoms with Crippen molar-refractivity contribution in [3.8, 4) is 5.75 Å². The van der Waals surface area contributed by atoms with Gasteiger partial charge in [-0.05, 0) is 60.8 Å². The second-order valence-corrected chi connectivity index (χ2v) is 9.39. The molecule has 9 heteroatoms. The average Bonchev–Trinajstić information content (AvgIpc) is 2.87. The molecule has 0 aliphatic carbocycles. The van der Waals surface area contributed by atoms with Gasteiger partial charge < -0.3 is 19.7 Å². The van der Waals surface area contributed by atoms with Crippen LogP contribution in [0, 0.1) is 5.92 Å². The Kier molecular flexibility index (Phi) is 10.2. The highest BCUT2D eigenvalue weighted by Crippen LogP contribution is 2.15. The molecule has 8 nitrogen and oxygen atoms in total. The molecule has 36 heavy (non-hydrogen) atoms. The van der Waals surface area contributed by atoms with Gasteiger partial charge in [0.15, 0.2) is 5.11 Å². The summed E-state index contributed by atoms with van der Waals surface area (Å²) >= 11 is 5.43. The van der Waals surface area contributed by atoms with Crippen LogP contribution < -0.4 is 15.4 Å². The molecule has 2 N–H and O–H groups in total. The molecule has 0 spiro atoms. The summed E-state index contributed by atoms with van der Waals surface area (Å²) in [5, 5.41) is 5.52. The monoisotopic (exact) mass is 511 g/mol. The van der Waals surface area contributed by atoms with E-state index in [1.165, 1.54) is 5.56 Å². The van der Waals surface area contributed by atoms with Gasteiger partial charge in [0.05, 0.1) is 19.6 Å². The van der Waals surface area contributed by atoms with E-state index >= 15 is 0 Å². The minimum atomic E-state index is -0.847. The first-order valence-corrected chi connectivity index (χ1v) is 12.6. The van der Waals surface area contributed by atoms with Gasteiger partial charge in [-0.2, -0.15) is 0 Å². The Balaban J connectivity index is 1.50. The van der Waals surface area contributed by atoms with Crippen molar-refractivity contribution in [1.82, 2.24) is 15.5 Å². The van der Waals surface area contributed by atoms with Crippen molar-refractivity contribution >= 4 is 35.1 Å². The number of rotatable bonds is 10. The average molecular weight is 512 g/mol. The fraction of sp³-hybridized carbons (Fsp3) is 0.407. The number of benzene rings is 2. The zero-order chi connectivity index (χ0) is 25.9. The van der Waals surface area contributed by atoms with Gasteiger partial charge in [0.2, 0.25) is 5.91 Å². The van der Waals surface area contributed by atoms with E-state index < -0.39 is 17.9 Å². The summed E-state index contributed by atoms with van der Waals surface area (Å²) in [5.74, 6) is -0.139. The summed E-state index contributed by atoms with van der Waals surface area (Å²) in [4.78, 5) is 39.2. The zero-order valence-corrected chi connectivity index (χ0v) is 21.5. The third kappa shape index (κ3) is 8.34. The van der Waals surface area contributed by atoms with Crippen LogP contribution in [0.4, 0.5) is 0 Å². The number of nitrogens with zero attached hydrogens (tertiary/aromatic N) is 1. The number of piperazine rings is 1. The maximum atomic E-state index is 12.7. The summed E-state index contributed by atoms with van der Waals surface area (Å²) < 4.78 is 11.0. The van der Waals surface area contributed by atoms with Crippen LogP contribution in [0.25, 0.3) is 0 Å². The van der Waals surface area contributed by atoms with Crippen molar-refractivity contribution in [2.45, 2.75) is 39.2 Å². The third-order valence-corrected chi connectivity index (χ3v) is 5.92. The second-order valence-electron chi connectivity index (χ2n) is 9.00. The standard InChI is InChI=1S/C27H33N3O5S/c1-19(2)18-35-22-12-10-21(11-13-22)25(32)29-27(36)30-15-14-28-26(33)23(30)17-24(31)34-16-6-9-20-7-4-3-5-8-20/h3-5,7-8,10-13,19,23H,6,9,14-18H2,1-2H3,(H,28,33)(H,29,32,36). The van der Waals surface area contributed by atoms with E-state index in [1.807, 2.05) is 30.3 Å². The van der Waals surface area contributed by atoms with Gasteiger partial charge in [-0.15, -0.1) is 0 Å². The van der Waals surface area contributed by atoms with Crippen molar-refractivity contribution in [2.24, 2.45) is 5.92 Å². The number of aryl methyl sites for hydroxylation is 1. The molecule has 1 heterocycles. The van der Waals surface area contributed by atoms with Gasteiger partial charge >= 0.3 is 5.97 Å². The van der Waals surface area contributed by atoms with Crippen molar-refractivity contribution in [1.29, 1.82) is 0 Å². The number of carbonyl (C=O) groups is 3. The van der Waals surface area contributed by atoms with E-state index in [0.29, 0.717) is 43.3 Å². The SMILES string of the molecule is CC(C)COc1ccc(C(=O)NC(=S)N2CCNC(=O)C2CC(=O)OCCCc2ccccc2)cc1. The topological polar surface area (TPSA) is 97.0 Å². The Labute approximate surface area is 217 Å². The predicted octanol–water partition coefficient (Wildman–Crippen LogP) is 3.10. The molecule has 1 fully saturated rings. The molecular weight excluding hydrogens is 478 g/mol. The number of ether oxygens (including phenoxy) is 2. The van der Waals surface area contributed by atoms with Crippen LogP contribution in [0.3, 0.4) is 0 Å². The van der Waals surface area contributed by atoms with Crippen molar-refractivity contribution in [3.05, 3.63) is 65.7 Å². The smallest absolute Gasteiger partial charge is 0.308 e. The van der Waals surface area contributed by atoms with Crippen LogP contribution in [0.15, 0.2) is 54.6 Å². The first-order chi connectivity index (χ1) is 17.3. The zero-order valence-electron chi connectivity index (χ0n) is 20.7. The molecule has 192 valence electrons. The second kappa shape index (κ2) is 13.6. The van der Waals surface area contributed by atoms with E-state index in [9.17, 15) is 14.4 Å². The molecule has 0 bridgehead atoms. The quantitative estimate of drug-likeness (QED) is 0.287. The highest BCUT2D eigenvalue weighted by atomic mass is 32.1. The molecule has 2 aromatic carbocycles. The summed E-state index contributed by atoms with van der Waals surface area (Å²) in [7, 11) is 0. The largest absolute Gasteiger partial charge is 0.493 e. The van der Waals surface area contributed by atoms with Crippen LogP contribution >= 0.6 is 12.2 Å². The molecule has 1 atom stereocenters. The Bertz CT molecular complexity index is 1040. The fourth-order valence-electron chi connectivity index (χ4n) is 3.69. The molecule has 3 rings (SSSR count). The molecule has 0 saturated carbocycles. The molecular formula is C27H33N3O5S.